The number of benzene rings is 1. The molecule has 6 rings (SSSR count). The van der Waals surface area contributed by atoms with Crippen molar-refractivity contribution in [3.63, 3.8) is 0 Å². The van der Waals surface area contributed by atoms with Gasteiger partial charge in [0, 0.05) is 10.3 Å². The fourth-order valence-corrected chi connectivity index (χ4v) is 7.23. The number of para-hydroxylation sites is 1. The number of nitrogens with zero attached hydrogens (tertiary/aromatic N) is 5. The standard InChI is InChI=1S/C19H15N5S3/c1-10-20-16-15(11-6-2-4-8-13(11)25-16)17(21-10)27-19-23-22-18-24(19)12-7-3-5-9-14(12)26-18/h3,5,7,9H,2,4,6,8H2,1H3. The smallest absolute Gasteiger partial charge is 0.217 e. The molecule has 1 aromatic carbocycles. The van der Waals surface area contributed by atoms with E-state index in [4.69, 9.17) is 9.97 Å². The molecule has 0 saturated carbocycles. The molecule has 4 heterocycles. The molecule has 0 saturated heterocycles. The van der Waals surface area contributed by atoms with Crippen LogP contribution in [0.2, 0.25) is 0 Å². The first kappa shape index (κ1) is 16.0. The van der Waals surface area contributed by atoms with Crippen LogP contribution in [0, 0.1) is 6.92 Å². The van der Waals surface area contributed by atoms with Crippen LogP contribution >= 0.6 is 34.4 Å². The van der Waals surface area contributed by atoms with Gasteiger partial charge >= 0.3 is 0 Å². The summed E-state index contributed by atoms with van der Waals surface area (Å²) in [6.45, 7) is 1.97. The lowest BCUT2D eigenvalue weighted by molar-refractivity contribution is 0.699. The van der Waals surface area contributed by atoms with E-state index < -0.39 is 0 Å². The van der Waals surface area contributed by atoms with E-state index in [1.165, 1.54) is 39.8 Å². The SMILES string of the molecule is Cc1nc(Sc2nnc3sc4ccccc4n23)c2c3c(sc2n1)CCCC3. The van der Waals surface area contributed by atoms with E-state index in [1.54, 1.807) is 23.1 Å². The minimum atomic E-state index is 0.819. The molecule has 27 heavy (non-hydrogen) atoms. The number of fused-ring (bicyclic) bond motifs is 6. The lowest BCUT2D eigenvalue weighted by atomic mass is 9.97. The van der Waals surface area contributed by atoms with Gasteiger partial charge in [0.1, 0.15) is 15.7 Å². The fourth-order valence-electron chi connectivity index (χ4n) is 3.81. The zero-order valence-electron chi connectivity index (χ0n) is 14.6. The van der Waals surface area contributed by atoms with Gasteiger partial charge in [-0.05, 0) is 62.1 Å². The molecule has 5 aromatic rings. The summed E-state index contributed by atoms with van der Waals surface area (Å²) >= 11 is 5.13. The fraction of sp³-hybridized carbons (Fsp3) is 0.263. The highest BCUT2D eigenvalue weighted by atomic mass is 32.2. The zero-order valence-corrected chi connectivity index (χ0v) is 17.0. The van der Waals surface area contributed by atoms with E-state index >= 15 is 0 Å². The van der Waals surface area contributed by atoms with Gasteiger partial charge in [0.05, 0.1) is 10.2 Å². The highest BCUT2D eigenvalue weighted by Crippen LogP contribution is 2.42. The van der Waals surface area contributed by atoms with Crippen molar-refractivity contribution in [3.05, 3.63) is 40.5 Å². The summed E-state index contributed by atoms with van der Waals surface area (Å²) in [4.78, 5) is 13.1. The van der Waals surface area contributed by atoms with Crippen molar-refractivity contribution in [3.8, 4) is 0 Å². The number of thiazole rings is 1. The Morgan fingerprint density at radius 1 is 1.04 bits per heavy atom. The van der Waals surface area contributed by atoms with Crippen molar-refractivity contribution in [1.29, 1.82) is 0 Å². The average Bonchev–Trinajstić information content (AvgIpc) is 3.33. The lowest BCUT2D eigenvalue weighted by Crippen LogP contribution is -2.00. The Morgan fingerprint density at radius 2 is 1.93 bits per heavy atom. The van der Waals surface area contributed by atoms with Crippen molar-refractivity contribution >= 4 is 59.8 Å². The Labute approximate surface area is 167 Å². The van der Waals surface area contributed by atoms with Gasteiger partial charge in [-0.2, -0.15) is 0 Å². The maximum atomic E-state index is 4.81. The molecule has 0 bridgehead atoms. The van der Waals surface area contributed by atoms with Gasteiger partial charge in [-0.15, -0.1) is 21.5 Å². The van der Waals surface area contributed by atoms with Gasteiger partial charge in [0.25, 0.3) is 0 Å². The van der Waals surface area contributed by atoms with E-state index in [-0.39, 0.29) is 0 Å². The number of aromatic nitrogens is 5. The first-order chi connectivity index (χ1) is 13.3. The molecule has 134 valence electrons. The molecule has 4 aromatic heterocycles. The van der Waals surface area contributed by atoms with Crippen molar-refractivity contribution in [1.82, 2.24) is 24.6 Å². The minimum Gasteiger partial charge on any atom is -0.260 e. The molecule has 5 nitrogen and oxygen atoms in total. The Hall–Kier alpha value is -2.03. The van der Waals surface area contributed by atoms with E-state index in [0.717, 1.165) is 37.7 Å². The normalized spacial score (nSPS) is 14.4. The van der Waals surface area contributed by atoms with Crippen molar-refractivity contribution in [2.45, 2.75) is 42.8 Å². The monoisotopic (exact) mass is 409 g/mol. The number of hydrogen-bond donors (Lipinski definition) is 0. The molecule has 0 N–H and O–H groups in total. The van der Waals surface area contributed by atoms with Crippen LogP contribution < -0.4 is 0 Å². The molecule has 0 amide bonds. The summed E-state index contributed by atoms with van der Waals surface area (Å²) in [5, 5.41) is 12.0. The van der Waals surface area contributed by atoms with E-state index in [2.05, 4.69) is 38.9 Å². The van der Waals surface area contributed by atoms with Crippen LogP contribution in [0.15, 0.2) is 34.4 Å². The summed E-state index contributed by atoms with van der Waals surface area (Å²) in [5.74, 6) is 0.819. The van der Waals surface area contributed by atoms with E-state index in [9.17, 15) is 0 Å². The maximum Gasteiger partial charge on any atom is 0.217 e. The summed E-state index contributed by atoms with van der Waals surface area (Å²) in [7, 11) is 0. The van der Waals surface area contributed by atoms with Gasteiger partial charge in [0.2, 0.25) is 10.1 Å². The Bertz CT molecular complexity index is 1330. The predicted octanol–water partition coefficient (Wildman–Crippen LogP) is 5.29. The van der Waals surface area contributed by atoms with Gasteiger partial charge in [-0.3, -0.25) is 4.40 Å². The highest BCUT2D eigenvalue weighted by molar-refractivity contribution is 7.99. The second-order valence-corrected chi connectivity index (χ2v) is 9.79. The predicted molar refractivity (Wildman–Crippen MR) is 111 cm³/mol. The van der Waals surface area contributed by atoms with Gasteiger partial charge in [0.15, 0.2) is 0 Å². The van der Waals surface area contributed by atoms with Crippen LogP contribution in [-0.2, 0) is 12.8 Å². The summed E-state index contributed by atoms with van der Waals surface area (Å²) in [6, 6.07) is 8.38. The molecule has 0 radical (unpaired) electrons. The number of aryl methyl sites for hydroxylation is 3. The third-order valence-electron chi connectivity index (χ3n) is 4.99. The van der Waals surface area contributed by atoms with E-state index in [0.29, 0.717) is 0 Å². The first-order valence-electron chi connectivity index (χ1n) is 8.97. The van der Waals surface area contributed by atoms with Crippen LogP contribution in [0.4, 0.5) is 0 Å². The molecule has 0 atom stereocenters. The highest BCUT2D eigenvalue weighted by Gasteiger charge is 2.23. The summed E-state index contributed by atoms with van der Waals surface area (Å²) in [6.07, 6.45) is 4.83. The number of hydrogen-bond acceptors (Lipinski definition) is 7. The lowest BCUT2D eigenvalue weighted by Gasteiger charge is -2.11. The number of thiophene rings is 1. The van der Waals surface area contributed by atoms with Crippen LogP contribution in [0.1, 0.15) is 29.1 Å². The zero-order chi connectivity index (χ0) is 18.0. The summed E-state index contributed by atoms with van der Waals surface area (Å²) < 4.78 is 3.37. The first-order valence-corrected chi connectivity index (χ1v) is 11.4. The second-order valence-electron chi connectivity index (χ2n) is 6.74. The molecule has 0 aliphatic heterocycles. The van der Waals surface area contributed by atoms with Crippen molar-refractivity contribution < 1.29 is 0 Å². The molecular formula is C19H15N5S3. The summed E-state index contributed by atoms with van der Waals surface area (Å²) in [5.41, 5.74) is 2.61. The average molecular weight is 410 g/mol. The van der Waals surface area contributed by atoms with Gasteiger partial charge in [-0.25, -0.2) is 9.97 Å². The van der Waals surface area contributed by atoms with Crippen molar-refractivity contribution in [2.24, 2.45) is 0 Å². The van der Waals surface area contributed by atoms with E-state index in [1.807, 2.05) is 18.3 Å². The quantitative estimate of drug-likeness (QED) is 0.371. The van der Waals surface area contributed by atoms with Crippen LogP contribution in [0.25, 0.3) is 25.4 Å². The van der Waals surface area contributed by atoms with Crippen molar-refractivity contribution in [2.75, 3.05) is 0 Å². The van der Waals surface area contributed by atoms with Crippen LogP contribution in [-0.4, -0.2) is 24.6 Å². The Balaban J connectivity index is 1.57. The van der Waals surface area contributed by atoms with Gasteiger partial charge < -0.3 is 0 Å². The minimum absolute atomic E-state index is 0.819. The largest absolute Gasteiger partial charge is 0.260 e. The second kappa shape index (κ2) is 5.98. The third-order valence-corrected chi connectivity index (χ3v) is 8.13. The molecule has 1 aliphatic rings. The Morgan fingerprint density at radius 3 is 2.89 bits per heavy atom. The maximum absolute atomic E-state index is 4.81. The van der Waals surface area contributed by atoms with Crippen LogP contribution in [0.5, 0.6) is 0 Å². The van der Waals surface area contributed by atoms with Crippen LogP contribution in [0.3, 0.4) is 0 Å². The van der Waals surface area contributed by atoms with Gasteiger partial charge in [-0.1, -0.05) is 23.5 Å². The number of rotatable bonds is 2. The topological polar surface area (TPSA) is 56.0 Å². The molecule has 0 fully saturated rings. The molecule has 8 heteroatoms. The Kier molecular flexibility index (Phi) is 3.54. The molecule has 0 spiro atoms. The molecular weight excluding hydrogens is 394 g/mol. The third kappa shape index (κ3) is 2.43. The molecule has 0 unspecified atom stereocenters. The molecule has 1 aliphatic carbocycles.